The topological polar surface area (TPSA) is 36.4 Å². The van der Waals surface area contributed by atoms with Gasteiger partial charge in [0.05, 0.1) is 0 Å². The van der Waals surface area contributed by atoms with Gasteiger partial charge in [-0.3, -0.25) is 4.99 Å². The Kier molecular flexibility index (Phi) is 10.8. The van der Waals surface area contributed by atoms with Crippen LogP contribution in [-0.4, -0.2) is 26.1 Å². The van der Waals surface area contributed by atoms with Crippen LogP contribution >= 0.6 is 0 Å². The van der Waals surface area contributed by atoms with E-state index in [0.717, 1.165) is 19.0 Å². The highest BCUT2D eigenvalue weighted by Crippen LogP contribution is 1.96. The van der Waals surface area contributed by atoms with E-state index in [1.807, 2.05) is 7.05 Å². The van der Waals surface area contributed by atoms with Crippen LogP contribution in [0.3, 0.4) is 0 Å². The molecular formula is C12H27N3. The van der Waals surface area contributed by atoms with E-state index in [0.29, 0.717) is 0 Å². The van der Waals surface area contributed by atoms with Gasteiger partial charge in [0, 0.05) is 20.1 Å². The van der Waals surface area contributed by atoms with Crippen molar-refractivity contribution in [1.82, 2.24) is 10.6 Å². The van der Waals surface area contributed by atoms with E-state index in [-0.39, 0.29) is 0 Å². The number of nitrogens with one attached hydrogen (secondary N) is 2. The van der Waals surface area contributed by atoms with Gasteiger partial charge in [0.1, 0.15) is 0 Å². The first-order chi connectivity index (χ1) is 7.35. The number of hydrogen-bond acceptors (Lipinski definition) is 1. The molecule has 0 aromatic heterocycles. The lowest BCUT2D eigenvalue weighted by Gasteiger charge is -2.11. The van der Waals surface area contributed by atoms with Crippen LogP contribution in [0.2, 0.25) is 0 Å². The molecule has 0 aliphatic rings. The maximum Gasteiger partial charge on any atom is 0.190 e. The second-order valence-electron chi connectivity index (χ2n) is 3.84. The lowest BCUT2D eigenvalue weighted by Crippen LogP contribution is -2.38. The SMILES string of the molecule is CCCCCCNC(=NC)NCCCC. The second kappa shape index (κ2) is 11.3. The normalized spacial score (nSPS) is 11.5. The van der Waals surface area contributed by atoms with Crippen molar-refractivity contribution in [2.75, 3.05) is 20.1 Å². The number of nitrogens with zero attached hydrogens (tertiary/aromatic N) is 1. The molecule has 0 saturated carbocycles. The molecule has 0 aliphatic carbocycles. The van der Waals surface area contributed by atoms with Crippen molar-refractivity contribution in [1.29, 1.82) is 0 Å². The molecule has 3 nitrogen and oxygen atoms in total. The molecule has 0 spiro atoms. The molecule has 0 bridgehead atoms. The summed E-state index contributed by atoms with van der Waals surface area (Å²) < 4.78 is 0. The number of unbranched alkanes of at least 4 members (excludes halogenated alkanes) is 4. The molecule has 3 heteroatoms. The van der Waals surface area contributed by atoms with Gasteiger partial charge in [-0.15, -0.1) is 0 Å². The Morgan fingerprint density at radius 2 is 1.47 bits per heavy atom. The molecule has 0 unspecified atom stereocenters. The monoisotopic (exact) mass is 213 g/mol. The highest BCUT2D eigenvalue weighted by molar-refractivity contribution is 5.79. The van der Waals surface area contributed by atoms with Crippen molar-refractivity contribution in [2.24, 2.45) is 4.99 Å². The van der Waals surface area contributed by atoms with Gasteiger partial charge < -0.3 is 10.6 Å². The fourth-order valence-electron chi connectivity index (χ4n) is 1.36. The Balaban J connectivity index is 3.37. The van der Waals surface area contributed by atoms with E-state index < -0.39 is 0 Å². The minimum absolute atomic E-state index is 0.944. The minimum atomic E-state index is 0.944. The highest BCUT2D eigenvalue weighted by Gasteiger charge is 1.95. The van der Waals surface area contributed by atoms with Crippen molar-refractivity contribution >= 4 is 5.96 Å². The lowest BCUT2D eigenvalue weighted by molar-refractivity contribution is 0.644. The minimum Gasteiger partial charge on any atom is -0.356 e. The lowest BCUT2D eigenvalue weighted by atomic mass is 10.2. The third-order valence-corrected chi connectivity index (χ3v) is 2.37. The average Bonchev–Trinajstić information content (AvgIpc) is 2.26. The first kappa shape index (κ1) is 14.3. The summed E-state index contributed by atoms with van der Waals surface area (Å²) in [7, 11) is 1.83. The van der Waals surface area contributed by atoms with E-state index in [1.165, 1.54) is 38.5 Å². The zero-order valence-electron chi connectivity index (χ0n) is 10.6. The summed E-state index contributed by atoms with van der Waals surface area (Å²) in [6.45, 7) is 6.48. The molecule has 15 heavy (non-hydrogen) atoms. The van der Waals surface area contributed by atoms with Gasteiger partial charge in [0.25, 0.3) is 0 Å². The molecule has 0 atom stereocenters. The van der Waals surface area contributed by atoms with Gasteiger partial charge in [0.2, 0.25) is 0 Å². The molecule has 0 fully saturated rings. The Bertz CT molecular complexity index is 155. The molecular weight excluding hydrogens is 186 g/mol. The predicted molar refractivity (Wildman–Crippen MR) is 68.4 cm³/mol. The fraction of sp³-hybridized carbons (Fsp3) is 0.917. The van der Waals surface area contributed by atoms with Crippen molar-refractivity contribution in [3.63, 3.8) is 0 Å². The summed E-state index contributed by atoms with van der Waals surface area (Å²) in [4.78, 5) is 4.17. The van der Waals surface area contributed by atoms with Crippen molar-refractivity contribution in [3.05, 3.63) is 0 Å². The average molecular weight is 213 g/mol. The summed E-state index contributed by atoms with van der Waals surface area (Å²) >= 11 is 0. The predicted octanol–water partition coefficient (Wildman–Crippen LogP) is 2.53. The molecule has 0 aliphatic heterocycles. The number of aliphatic imine (C=N–C) groups is 1. The first-order valence-electron chi connectivity index (χ1n) is 6.29. The van der Waals surface area contributed by atoms with E-state index in [1.54, 1.807) is 0 Å². The smallest absolute Gasteiger partial charge is 0.190 e. The quantitative estimate of drug-likeness (QED) is 0.369. The van der Waals surface area contributed by atoms with E-state index in [9.17, 15) is 0 Å². The highest BCUT2D eigenvalue weighted by atomic mass is 15.2. The first-order valence-corrected chi connectivity index (χ1v) is 6.29. The Morgan fingerprint density at radius 3 is 2.00 bits per heavy atom. The van der Waals surface area contributed by atoms with Crippen LogP contribution in [0.15, 0.2) is 4.99 Å². The van der Waals surface area contributed by atoms with Gasteiger partial charge >= 0.3 is 0 Å². The summed E-state index contributed by atoms with van der Waals surface area (Å²) in [6, 6.07) is 0. The van der Waals surface area contributed by atoms with E-state index in [2.05, 4.69) is 29.5 Å². The van der Waals surface area contributed by atoms with Crippen LogP contribution < -0.4 is 10.6 Å². The Labute approximate surface area is 94.7 Å². The van der Waals surface area contributed by atoms with Crippen LogP contribution in [0.1, 0.15) is 52.4 Å². The number of rotatable bonds is 8. The largest absolute Gasteiger partial charge is 0.356 e. The zero-order valence-corrected chi connectivity index (χ0v) is 10.6. The van der Waals surface area contributed by atoms with Crippen molar-refractivity contribution in [2.45, 2.75) is 52.4 Å². The molecule has 0 rings (SSSR count). The Morgan fingerprint density at radius 1 is 0.867 bits per heavy atom. The van der Waals surface area contributed by atoms with Crippen LogP contribution in [0.4, 0.5) is 0 Å². The number of hydrogen-bond donors (Lipinski definition) is 2. The number of guanidine groups is 1. The van der Waals surface area contributed by atoms with Crippen molar-refractivity contribution in [3.8, 4) is 0 Å². The molecule has 0 heterocycles. The summed E-state index contributed by atoms with van der Waals surface area (Å²) in [5.41, 5.74) is 0. The van der Waals surface area contributed by atoms with Gasteiger partial charge in [-0.05, 0) is 12.8 Å². The van der Waals surface area contributed by atoms with Crippen LogP contribution in [0.5, 0.6) is 0 Å². The second-order valence-corrected chi connectivity index (χ2v) is 3.84. The molecule has 0 saturated heterocycles. The van der Waals surface area contributed by atoms with E-state index in [4.69, 9.17) is 0 Å². The summed E-state index contributed by atoms with van der Waals surface area (Å²) in [5.74, 6) is 0.944. The van der Waals surface area contributed by atoms with Crippen LogP contribution in [-0.2, 0) is 0 Å². The van der Waals surface area contributed by atoms with Crippen LogP contribution in [0.25, 0.3) is 0 Å². The summed E-state index contributed by atoms with van der Waals surface area (Å²) in [5, 5.41) is 6.63. The van der Waals surface area contributed by atoms with Gasteiger partial charge in [-0.1, -0.05) is 39.5 Å². The van der Waals surface area contributed by atoms with E-state index >= 15 is 0 Å². The molecule has 90 valence electrons. The zero-order chi connectivity index (χ0) is 11.4. The summed E-state index contributed by atoms with van der Waals surface area (Å²) in [6.07, 6.45) is 7.61. The van der Waals surface area contributed by atoms with Crippen molar-refractivity contribution < 1.29 is 0 Å². The van der Waals surface area contributed by atoms with Crippen LogP contribution in [0, 0.1) is 0 Å². The molecule has 0 aromatic carbocycles. The third kappa shape index (κ3) is 9.57. The molecule has 0 amide bonds. The Hall–Kier alpha value is -0.730. The molecule has 0 radical (unpaired) electrons. The maximum absolute atomic E-state index is 4.17. The third-order valence-electron chi connectivity index (χ3n) is 2.37. The van der Waals surface area contributed by atoms with Gasteiger partial charge in [-0.25, -0.2) is 0 Å². The molecule has 2 N–H and O–H groups in total. The van der Waals surface area contributed by atoms with Gasteiger partial charge in [0.15, 0.2) is 5.96 Å². The van der Waals surface area contributed by atoms with Gasteiger partial charge in [-0.2, -0.15) is 0 Å². The molecule has 0 aromatic rings. The maximum atomic E-state index is 4.17. The standard InChI is InChI=1S/C12H27N3/c1-4-6-8-9-11-15-12(13-3)14-10-7-5-2/h4-11H2,1-3H3,(H2,13,14,15). The fourth-order valence-corrected chi connectivity index (χ4v) is 1.36.